The Morgan fingerprint density at radius 3 is 2.33 bits per heavy atom. The van der Waals surface area contributed by atoms with Crippen LogP contribution in [0.15, 0.2) is 114 Å². The van der Waals surface area contributed by atoms with E-state index in [4.69, 9.17) is 4.98 Å². The molecule has 0 saturated carbocycles. The molecule has 4 nitrogen and oxygen atoms in total. The molecule has 5 heteroatoms. The summed E-state index contributed by atoms with van der Waals surface area (Å²) < 4.78 is 0. The summed E-state index contributed by atoms with van der Waals surface area (Å²) in [6.45, 7) is 0. The van der Waals surface area contributed by atoms with E-state index in [0.717, 1.165) is 39.1 Å². The van der Waals surface area contributed by atoms with Crippen molar-refractivity contribution in [2.24, 2.45) is 0 Å². The molecule has 0 atom stereocenters. The van der Waals surface area contributed by atoms with Crippen molar-refractivity contribution in [3.05, 3.63) is 142 Å². The molecule has 2 heterocycles. The largest absolute Gasteiger partial charge is 0.298 e. The van der Waals surface area contributed by atoms with Crippen LogP contribution in [0.4, 0.5) is 5.13 Å². The average molecular weight is 486 g/mol. The van der Waals surface area contributed by atoms with E-state index in [2.05, 4.69) is 58.8 Å². The van der Waals surface area contributed by atoms with Gasteiger partial charge in [0.05, 0.1) is 5.69 Å². The quantitative estimate of drug-likeness (QED) is 0.288. The molecule has 0 unspecified atom stereocenters. The van der Waals surface area contributed by atoms with Crippen LogP contribution in [0.2, 0.25) is 0 Å². The number of carbonyl (C=O) groups is 1. The highest BCUT2D eigenvalue weighted by molar-refractivity contribution is 7.14. The standard InChI is InChI=1S/C31H23N3OS/c35-30(28-19-25-8-4-5-9-27(25)29(28)24-6-2-1-3-7-24)34-31-33-26(20-36-31)18-21-10-12-22(13-11-21)23-14-16-32-17-15-23/h1-17,20H,18-19H2,(H,33,34,35). The van der Waals surface area contributed by atoms with Gasteiger partial charge in [-0.1, -0.05) is 78.9 Å². The number of amides is 1. The molecule has 36 heavy (non-hydrogen) atoms. The first-order valence-electron chi connectivity index (χ1n) is 11.9. The van der Waals surface area contributed by atoms with Crippen molar-refractivity contribution in [1.29, 1.82) is 0 Å². The van der Waals surface area contributed by atoms with Crippen LogP contribution in [0, 0.1) is 0 Å². The van der Waals surface area contributed by atoms with Crippen molar-refractivity contribution in [3.63, 3.8) is 0 Å². The van der Waals surface area contributed by atoms with Crippen LogP contribution in [0.1, 0.15) is 27.9 Å². The number of carbonyl (C=O) groups excluding carboxylic acids is 1. The summed E-state index contributed by atoms with van der Waals surface area (Å²) in [5.74, 6) is -0.0901. The number of anilines is 1. The zero-order valence-corrected chi connectivity index (χ0v) is 20.3. The molecule has 0 aliphatic heterocycles. The first-order valence-corrected chi connectivity index (χ1v) is 12.7. The van der Waals surface area contributed by atoms with Gasteiger partial charge in [0, 0.05) is 36.2 Å². The summed E-state index contributed by atoms with van der Waals surface area (Å²) in [6.07, 6.45) is 4.94. The van der Waals surface area contributed by atoms with Crippen LogP contribution in [-0.4, -0.2) is 15.9 Å². The lowest BCUT2D eigenvalue weighted by molar-refractivity contribution is -0.112. The third-order valence-corrected chi connectivity index (χ3v) is 7.22. The van der Waals surface area contributed by atoms with Crippen LogP contribution >= 0.6 is 11.3 Å². The van der Waals surface area contributed by atoms with Gasteiger partial charge in [0.2, 0.25) is 0 Å². The summed E-state index contributed by atoms with van der Waals surface area (Å²) in [7, 11) is 0. The number of thiazole rings is 1. The minimum atomic E-state index is -0.0901. The zero-order chi connectivity index (χ0) is 24.3. The molecule has 6 rings (SSSR count). The van der Waals surface area contributed by atoms with E-state index in [-0.39, 0.29) is 5.91 Å². The van der Waals surface area contributed by atoms with Gasteiger partial charge in [-0.05, 0) is 51.1 Å². The fourth-order valence-corrected chi connectivity index (χ4v) is 5.38. The van der Waals surface area contributed by atoms with E-state index in [1.54, 1.807) is 12.4 Å². The average Bonchev–Trinajstić information content (AvgIpc) is 3.54. The Bertz CT molecular complexity index is 1550. The topological polar surface area (TPSA) is 54.9 Å². The Morgan fingerprint density at radius 1 is 0.806 bits per heavy atom. The lowest BCUT2D eigenvalue weighted by atomic mass is 9.97. The summed E-state index contributed by atoms with van der Waals surface area (Å²) in [6, 6.07) is 30.9. The van der Waals surface area contributed by atoms with Gasteiger partial charge in [-0.3, -0.25) is 15.1 Å². The lowest BCUT2D eigenvalue weighted by Gasteiger charge is -2.09. The van der Waals surface area contributed by atoms with Crippen molar-refractivity contribution in [2.75, 3.05) is 5.32 Å². The maximum atomic E-state index is 13.4. The lowest BCUT2D eigenvalue weighted by Crippen LogP contribution is -2.15. The summed E-state index contributed by atoms with van der Waals surface area (Å²) in [4.78, 5) is 22.2. The van der Waals surface area contributed by atoms with E-state index >= 15 is 0 Å². The molecule has 0 bridgehead atoms. The normalized spacial score (nSPS) is 12.4. The number of aromatic nitrogens is 2. The van der Waals surface area contributed by atoms with Crippen molar-refractivity contribution < 1.29 is 4.79 Å². The van der Waals surface area contributed by atoms with Gasteiger partial charge in [0.15, 0.2) is 5.13 Å². The highest BCUT2D eigenvalue weighted by Crippen LogP contribution is 2.38. The Hall–Kier alpha value is -4.35. The molecule has 1 amide bonds. The summed E-state index contributed by atoms with van der Waals surface area (Å²) in [5.41, 5.74) is 9.58. The number of pyridine rings is 1. The fraction of sp³-hybridized carbons (Fsp3) is 0.0645. The molecule has 2 aromatic heterocycles. The molecule has 3 aromatic carbocycles. The fourth-order valence-electron chi connectivity index (χ4n) is 4.67. The molecule has 5 aromatic rings. The van der Waals surface area contributed by atoms with Gasteiger partial charge in [-0.2, -0.15) is 0 Å². The van der Waals surface area contributed by atoms with Gasteiger partial charge in [0.25, 0.3) is 5.91 Å². The van der Waals surface area contributed by atoms with Gasteiger partial charge in [-0.25, -0.2) is 4.98 Å². The molecule has 0 saturated heterocycles. The Morgan fingerprint density at radius 2 is 1.53 bits per heavy atom. The third-order valence-electron chi connectivity index (χ3n) is 6.42. The summed E-state index contributed by atoms with van der Waals surface area (Å²) >= 11 is 1.46. The third kappa shape index (κ3) is 4.49. The molecule has 0 spiro atoms. The molecule has 1 N–H and O–H groups in total. The second-order valence-corrected chi connectivity index (χ2v) is 9.62. The second-order valence-electron chi connectivity index (χ2n) is 8.76. The SMILES string of the molecule is O=C(Nc1nc(Cc2ccc(-c3ccncc3)cc2)cs1)C1=C(c2ccccc2)c2ccccc2C1. The van der Waals surface area contributed by atoms with E-state index < -0.39 is 0 Å². The van der Waals surface area contributed by atoms with Crippen molar-refractivity contribution in [2.45, 2.75) is 12.8 Å². The zero-order valence-electron chi connectivity index (χ0n) is 19.5. The Labute approximate surface area is 214 Å². The second kappa shape index (κ2) is 9.72. The number of hydrogen-bond donors (Lipinski definition) is 1. The van der Waals surface area contributed by atoms with E-state index in [0.29, 0.717) is 18.0 Å². The van der Waals surface area contributed by atoms with Crippen LogP contribution in [0.5, 0.6) is 0 Å². The van der Waals surface area contributed by atoms with Crippen LogP contribution in [-0.2, 0) is 17.6 Å². The molecule has 0 fully saturated rings. The van der Waals surface area contributed by atoms with E-state index in [9.17, 15) is 4.79 Å². The first kappa shape index (κ1) is 22.1. The number of nitrogens with zero attached hydrogens (tertiary/aromatic N) is 2. The molecule has 1 aliphatic rings. The smallest absolute Gasteiger partial charge is 0.254 e. The van der Waals surface area contributed by atoms with Crippen molar-refractivity contribution in [3.8, 4) is 11.1 Å². The highest BCUT2D eigenvalue weighted by Gasteiger charge is 2.27. The number of fused-ring (bicyclic) bond motifs is 1. The number of rotatable bonds is 6. The monoisotopic (exact) mass is 485 g/mol. The molecule has 0 radical (unpaired) electrons. The number of benzene rings is 3. The van der Waals surface area contributed by atoms with Crippen LogP contribution in [0.3, 0.4) is 0 Å². The number of hydrogen-bond acceptors (Lipinski definition) is 4. The summed E-state index contributed by atoms with van der Waals surface area (Å²) in [5, 5.41) is 5.70. The van der Waals surface area contributed by atoms with Crippen molar-refractivity contribution >= 4 is 27.9 Å². The first-order chi connectivity index (χ1) is 17.7. The minimum Gasteiger partial charge on any atom is -0.298 e. The Balaban J connectivity index is 1.19. The maximum Gasteiger partial charge on any atom is 0.254 e. The van der Waals surface area contributed by atoms with E-state index in [1.165, 1.54) is 22.5 Å². The highest BCUT2D eigenvalue weighted by atomic mass is 32.1. The molecular weight excluding hydrogens is 462 g/mol. The minimum absolute atomic E-state index is 0.0901. The Kier molecular flexibility index (Phi) is 5.98. The molecular formula is C31H23N3OS. The van der Waals surface area contributed by atoms with Crippen molar-refractivity contribution in [1.82, 2.24) is 9.97 Å². The van der Waals surface area contributed by atoms with Crippen LogP contribution < -0.4 is 5.32 Å². The predicted octanol–water partition coefficient (Wildman–Crippen LogP) is 6.79. The maximum absolute atomic E-state index is 13.4. The predicted molar refractivity (Wildman–Crippen MR) is 146 cm³/mol. The molecule has 174 valence electrons. The van der Waals surface area contributed by atoms with Gasteiger partial charge >= 0.3 is 0 Å². The number of nitrogens with one attached hydrogen (secondary N) is 1. The van der Waals surface area contributed by atoms with Gasteiger partial charge in [-0.15, -0.1) is 11.3 Å². The van der Waals surface area contributed by atoms with Gasteiger partial charge in [0.1, 0.15) is 0 Å². The van der Waals surface area contributed by atoms with Crippen LogP contribution in [0.25, 0.3) is 16.7 Å². The molecule has 1 aliphatic carbocycles. The van der Waals surface area contributed by atoms with E-state index in [1.807, 2.05) is 47.8 Å². The van der Waals surface area contributed by atoms with Gasteiger partial charge < -0.3 is 0 Å².